The van der Waals surface area contributed by atoms with Crippen LogP contribution in [0.5, 0.6) is 0 Å². The van der Waals surface area contributed by atoms with Crippen molar-refractivity contribution in [2.45, 2.75) is 11.4 Å². The average molecular weight is 334 g/mol. The molecule has 0 saturated heterocycles. The average Bonchev–Trinajstić information content (AvgIpc) is 3.17. The van der Waals surface area contributed by atoms with Gasteiger partial charge in [-0.15, -0.1) is 11.3 Å². The molecule has 3 rings (SSSR count). The van der Waals surface area contributed by atoms with E-state index in [1.165, 1.54) is 17.1 Å². The Morgan fingerprint density at radius 1 is 1.32 bits per heavy atom. The summed E-state index contributed by atoms with van der Waals surface area (Å²) in [6.45, 7) is 0.184. The molecule has 0 radical (unpaired) electrons. The lowest BCUT2D eigenvalue weighted by molar-refractivity contribution is 0.581. The van der Waals surface area contributed by atoms with E-state index in [9.17, 15) is 8.42 Å². The summed E-state index contributed by atoms with van der Waals surface area (Å²) in [7, 11) is -1.89. The summed E-state index contributed by atoms with van der Waals surface area (Å²) in [5.74, 6) is 0. The molecule has 0 aromatic carbocycles. The highest BCUT2D eigenvalue weighted by Gasteiger charge is 2.15. The highest BCUT2D eigenvalue weighted by atomic mass is 32.2. The van der Waals surface area contributed by atoms with Gasteiger partial charge in [0.1, 0.15) is 4.90 Å². The molecule has 6 nitrogen and oxygen atoms in total. The third-order valence-electron chi connectivity index (χ3n) is 3.06. The zero-order chi connectivity index (χ0) is 15.6. The third-order valence-corrected chi connectivity index (χ3v) is 5.33. The third kappa shape index (κ3) is 3.24. The first-order chi connectivity index (χ1) is 10.5. The minimum absolute atomic E-state index is 0.150. The normalized spacial score (nSPS) is 11.7. The second kappa shape index (κ2) is 5.99. The number of aryl methyl sites for hydroxylation is 1. The quantitative estimate of drug-likeness (QED) is 0.774. The summed E-state index contributed by atoms with van der Waals surface area (Å²) < 4.78 is 28.3. The summed E-state index contributed by atoms with van der Waals surface area (Å²) in [4.78, 5) is 5.43. The van der Waals surface area contributed by atoms with Gasteiger partial charge in [-0.2, -0.15) is 5.10 Å². The van der Waals surface area contributed by atoms with Crippen molar-refractivity contribution in [3.05, 3.63) is 53.9 Å². The fourth-order valence-electron chi connectivity index (χ4n) is 1.96. The van der Waals surface area contributed by atoms with E-state index >= 15 is 0 Å². The van der Waals surface area contributed by atoms with E-state index in [-0.39, 0.29) is 11.4 Å². The molecule has 3 aromatic rings. The maximum atomic E-state index is 12.1. The molecule has 8 heteroatoms. The van der Waals surface area contributed by atoms with Crippen molar-refractivity contribution in [2.75, 3.05) is 0 Å². The maximum Gasteiger partial charge on any atom is 0.243 e. The van der Waals surface area contributed by atoms with Crippen LogP contribution in [0.15, 0.2) is 53.3 Å². The van der Waals surface area contributed by atoms with Crippen molar-refractivity contribution in [1.82, 2.24) is 19.5 Å². The van der Waals surface area contributed by atoms with Crippen molar-refractivity contribution in [2.24, 2.45) is 7.05 Å². The molecule has 0 aliphatic rings. The van der Waals surface area contributed by atoms with Crippen LogP contribution < -0.4 is 4.72 Å². The molecule has 3 aromatic heterocycles. The molecule has 114 valence electrons. The number of nitrogens with one attached hydrogen (secondary N) is 1. The molecule has 0 aliphatic carbocycles. The molecule has 22 heavy (non-hydrogen) atoms. The number of hydrogen-bond acceptors (Lipinski definition) is 5. The highest BCUT2D eigenvalue weighted by molar-refractivity contribution is 7.89. The minimum atomic E-state index is -3.56. The first-order valence-corrected chi connectivity index (χ1v) is 8.87. The summed E-state index contributed by atoms with van der Waals surface area (Å²) in [6, 6.07) is 5.91. The molecular formula is C14H14N4O2S2. The molecule has 0 fully saturated rings. The van der Waals surface area contributed by atoms with Crippen LogP contribution >= 0.6 is 11.3 Å². The van der Waals surface area contributed by atoms with Gasteiger partial charge in [0, 0.05) is 42.6 Å². The van der Waals surface area contributed by atoms with Gasteiger partial charge in [-0.3, -0.25) is 9.67 Å². The van der Waals surface area contributed by atoms with Crippen LogP contribution in [0.3, 0.4) is 0 Å². The molecular weight excluding hydrogens is 320 g/mol. The highest BCUT2D eigenvalue weighted by Crippen LogP contribution is 2.24. The largest absolute Gasteiger partial charge is 0.274 e. The smallest absolute Gasteiger partial charge is 0.243 e. The number of rotatable bonds is 5. The molecule has 0 unspecified atom stereocenters. The minimum Gasteiger partial charge on any atom is -0.274 e. The Morgan fingerprint density at radius 3 is 2.86 bits per heavy atom. The van der Waals surface area contributed by atoms with E-state index < -0.39 is 10.0 Å². The number of hydrogen-bond donors (Lipinski definition) is 1. The Kier molecular flexibility index (Phi) is 4.06. The summed E-state index contributed by atoms with van der Waals surface area (Å²) in [6.07, 6.45) is 6.21. The number of aromatic nitrogens is 3. The van der Waals surface area contributed by atoms with Crippen LogP contribution in [-0.4, -0.2) is 23.2 Å². The monoisotopic (exact) mass is 334 g/mol. The van der Waals surface area contributed by atoms with Gasteiger partial charge in [-0.05, 0) is 23.1 Å². The first kappa shape index (κ1) is 14.9. The molecule has 3 heterocycles. The van der Waals surface area contributed by atoms with Crippen LogP contribution in [0.25, 0.3) is 10.4 Å². The Balaban J connectivity index is 1.75. The lowest BCUT2D eigenvalue weighted by Gasteiger charge is -2.06. The maximum absolute atomic E-state index is 12.1. The summed E-state index contributed by atoms with van der Waals surface area (Å²) >= 11 is 1.62. The number of sulfonamides is 1. The van der Waals surface area contributed by atoms with E-state index in [1.54, 1.807) is 30.8 Å². The molecule has 0 saturated carbocycles. The zero-order valence-electron chi connectivity index (χ0n) is 11.8. The van der Waals surface area contributed by atoms with Gasteiger partial charge in [0.05, 0.1) is 6.20 Å². The van der Waals surface area contributed by atoms with Crippen molar-refractivity contribution in [3.63, 3.8) is 0 Å². The second-order valence-corrected chi connectivity index (χ2v) is 7.45. The number of thiophene rings is 1. The molecule has 0 bridgehead atoms. The van der Waals surface area contributed by atoms with Crippen LogP contribution in [0.2, 0.25) is 0 Å². The standard InChI is InChI=1S/C14H14N4O2S2/c1-18-10-13(9-16-18)22(19,20)17-7-11-5-12(8-15-6-11)14-3-2-4-21-14/h2-6,8-10,17H,7H2,1H3. The molecule has 0 spiro atoms. The predicted octanol–water partition coefficient (Wildman–Crippen LogP) is 2.02. The van der Waals surface area contributed by atoms with Gasteiger partial charge >= 0.3 is 0 Å². The topological polar surface area (TPSA) is 76.9 Å². The van der Waals surface area contributed by atoms with Crippen LogP contribution in [0.4, 0.5) is 0 Å². The van der Waals surface area contributed by atoms with Crippen LogP contribution in [-0.2, 0) is 23.6 Å². The van der Waals surface area contributed by atoms with E-state index in [1.807, 2.05) is 23.6 Å². The Labute approximate surface area is 132 Å². The van der Waals surface area contributed by atoms with Gasteiger partial charge < -0.3 is 0 Å². The van der Waals surface area contributed by atoms with E-state index in [2.05, 4.69) is 14.8 Å². The first-order valence-electron chi connectivity index (χ1n) is 6.51. The van der Waals surface area contributed by atoms with E-state index in [4.69, 9.17) is 0 Å². The molecule has 0 aliphatic heterocycles. The number of pyridine rings is 1. The lowest BCUT2D eigenvalue weighted by Crippen LogP contribution is -2.23. The molecule has 0 atom stereocenters. The van der Waals surface area contributed by atoms with Gasteiger partial charge in [-0.25, -0.2) is 13.1 Å². The Bertz CT molecular complexity index is 870. The van der Waals surface area contributed by atoms with E-state index in [0.29, 0.717) is 0 Å². The van der Waals surface area contributed by atoms with Gasteiger partial charge in [-0.1, -0.05) is 6.07 Å². The Hall–Kier alpha value is -2.03. The van der Waals surface area contributed by atoms with Gasteiger partial charge in [0.15, 0.2) is 0 Å². The van der Waals surface area contributed by atoms with Crippen molar-refractivity contribution >= 4 is 21.4 Å². The van der Waals surface area contributed by atoms with Gasteiger partial charge in [0.25, 0.3) is 0 Å². The molecule has 0 amide bonds. The zero-order valence-corrected chi connectivity index (χ0v) is 13.4. The van der Waals surface area contributed by atoms with Crippen LogP contribution in [0.1, 0.15) is 5.56 Å². The van der Waals surface area contributed by atoms with Crippen molar-refractivity contribution < 1.29 is 8.42 Å². The fourth-order valence-corrected chi connectivity index (χ4v) is 3.67. The van der Waals surface area contributed by atoms with Gasteiger partial charge in [0.2, 0.25) is 10.0 Å². The lowest BCUT2D eigenvalue weighted by atomic mass is 10.2. The van der Waals surface area contributed by atoms with Crippen molar-refractivity contribution in [3.8, 4) is 10.4 Å². The second-order valence-electron chi connectivity index (χ2n) is 4.73. The summed E-state index contributed by atoms with van der Waals surface area (Å²) in [5, 5.41) is 5.87. The Morgan fingerprint density at radius 2 is 2.18 bits per heavy atom. The van der Waals surface area contributed by atoms with E-state index in [0.717, 1.165) is 16.0 Å². The number of nitrogens with zero attached hydrogens (tertiary/aromatic N) is 3. The summed E-state index contributed by atoms with van der Waals surface area (Å²) in [5.41, 5.74) is 1.78. The predicted molar refractivity (Wildman–Crippen MR) is 84.8 cm³/mol. The van der Waals surface area contributed by atoms with Crippen molar-refractivity contribution in [1.29, 1.82) is 0 Å². The fraction of sp³-hybridized carbons (Fsp3) is 0.143. The molecule has 1 N–H and O–H groups in total. The van der Waals surface area contributed by atoms with Crippen LogP contribution in [0, 0.1) is 0 Å². The SMILES string of the molecule is Cn1cc(S(=O)(=O)NCc2cncc(-c3cccs3)c2)cn1.